The summed E-state index contributed by atoms with van der Waals surface area (Å²) in [6.07, 6.45) is 1.65. The average Bonchev–Trinajstić information content (AvgIpc) is 2.63. The molecular weight excluding hydrogens is 214 g/mol. The molecule has 1 aromatic heterocycles. The number of hydrogen-bond donors (Lipinski definition) is 1. The van der Waals surface area contributed by atoms with Crippen LogP contribution in [-0.4, -0.2) is 27.8 Å². The standard InChI is InChI=1S/C9H13N3O2S/c1-3-4-7-8(15-12-11-7)9(14)10-5-6(2)13/h3-5H2,1-2H3,(H,10,14). The van der Waals surface area contributed by atoms with Crippen molar-refractivity contribution < 1.29 is 9.59 Å². The van der Waals surface area contributed by atoms with Crippen molar-refractivity contribution in [1.29, 1.82) is 0 Å². The smallest absolute Gasteiger partial charge is 0.265 e. The van der Waals surface area contributed by atoms with Gasteiger partial charge in [0.1, 0.15) is 10.7 Å². The SMILES string of the molecule is CCCc1nnsc1C(=O)NCC(C)=O. The molecule has 0 aliphatic heterocycles. The molecule has 15 heavy (non-hydrogen) atoms. The number of ketones is 1. The number of aryl methyl sites for hydroxylation is 1. The van der Waals surface area contributed by atoms with Crippen molar-refractivity contribution in [1.82, 2.24) is 14.9 Å². The highest BCUT2D eigenvalue weighted by Crippen LogP contribution is 2.11. The Hall–Kier alpha value is -1.30. The van der Waals surface area contributed by atoms with Crippen LogP contribution in [0.4, 0.5) is 0 Å². The lowest BCUT2D eigenvalue weighted by Crippen LogP contribution is -2.28. The molecule has 0 aliphatic rings. The van der Waals surface area contributed by atoms with Crippen molar-refractivity contribution in [2.45, 2.75) is 26.7 Å². The van der Waals surface area contributed by atoms with E-state index in [2.05, 4.69) is 14.9 Å². The van der Waals surface area contributed by atoms with Crippen LogP contribution in [0.1, 0.15) is 35.6 Å². The van der Waals surface area contributed by atoms with Crippen LogP contribution >= 0.6 is 11.5 Å². The van der Waals surface area contributed by atoms with Crippen LogP contribution in [-0.2, 0) is 11.2 Å². The molecule has 6 heteroatoms. The summed E-state index contributed by atoms with van der Waals surface area (Å²) in [6, 6.07) is 0. The summed E-state index contributed by atoms with van der Waals surface area (Å²) in [7, 11) is 0. The predicted octanol–water partition coefficient (Wildman–Crippen LogP) is 0.809. The lowest BCUT2D eigenvalue weighted by atomic mass is 10.2. The number of carbonyl (C=O) groups excluding carboxylic acids is 2. The largest absolute Gasteiger partial charge is 0.344 e. The third kappa shape index (κ3) is 3.39. The average molecular weight is 227 g/mol. The topological polar surface area (TPSA) is 72.0 Å². The predicted molar refractivity (Wildman–Crippen MR) is 56.9 cm³/mol. The third-order valence-electron chi connectivity index (χ3n) is 1.75. The lowest BCUT2D eigenvalue weighted by Gasteiger charge is -2.00. The summed E-state index contributed by atoms with van der Waals surface area (Å²) >= 11 is 1.06. The van der Waals surface area contributed by atoms with E-state index in [0.29, 0.717) is 10.6 Å². The zero-order valence-corrected chi connectivity index (χ0v) is 9.56. The van der Waals surface area contributed by atoms with Gasteiger partial charge in [-0.05, 0) is 24.9 Å². The van der Waals surface area contributed by atoms with Gasteiger partial charge >= 0.3 is 0 Å². The second-order valence-corrected chi connectivity index (χ2v) is 3.94. The van der Waals surface area contributed by atoms with Gasteiger partial charge in [0.05, 0.1) is 12.2 Å². The zero-order valence-electron chi connectivity index (χ0n) is 8.74. The van der Waals surface area contributed by atoms with Crippen LogP contribution in [0.15, 0.2) is 0 Å². The highest BCUT2D eigenvalue weighted by atomic mass is 32.1. The molecule has 1 amide bonds. The summed E-state index contributed by atoms with van der Waals surface area (Å²) in [6.45, 7) is 3.50. The molecule has 0 bridgehead atoms. The van der Waals surface area contributed by atoms with E-state index >= 15 is 0 Å². The van der Waals surface area contributed by atoms with Gasteiger partial charge in [0, 0.05) is 0 Å². The molecule has 5 nitrogen and oxygen atoms in total. The fraction of sp³-hybridized carbons (Fsp3) is 0.556. The number of nitrogens with one attached hydrogen (secondary N) is 1. The second-order valence-electron chi connectivity index (χ2n) is 3.18. The Morgan fingerprint density at radius 1 is 1.47 bits per heavy atom. The Balaban J connectivity index is 2.64. The molecule has 1 aromatic rings. The summed E-state index contributed by atoms with van der Waals surface area (Å²) in [5.41, 5.74) is 0.712. The number of Topliss-reactive ketones (excluding diaryl/α,β-unsaturated/α-hetero) is 1. The Labute approximate surface area is 92.0 Å². The maximum atomic E-state index is 11.6. The maximum absolute atomic E-state index is 11.6. The molecule has 1 heterocycles. The molecule has 0 atom stereocenters. The number of aromatic nitrogens is 2. The first kappa shape index (κ1) is 11.8. The molecule has 0 aliphatic carbocycles. The number of rotatable bonds is 5. The Morgan fingerprint density at radius 3 is 2.80 bits per heavy atom. The van der Waals surface area contributed by atoms with E-state index in [1.54, 1.807) is 0 Å². The van der Waals surface area contributed by atoms with E-state index in [4.69, 9.17) is 0 Å². The number of hydrogen-bond acceptors (Lipinski definition) is 5. The number of amides is 1. The zero-order chi connectivity index (χ0) is 11.3. The van der Waals surface area contributed by atoms with Gasteiger partial charge in [0.25, 0.3) is 5.91 Å². The lowest BCUT2D eigenvalue weighted by molar-refractivity contribution is -0.116. The van der Waals surface area contributed by atoms with E-state index in [1.807, 2.05) is 6.92 Å². The molecular formula is C9H13N3O2S. The van der Waals surface area contributed by atoms with Crippen LogP contribution < -0.4 is 5.32 Å². The second kappa shape index (κ2) is 5.55. The van der Waals surface area contributed by atoms with E-state index in [1.165, 1.54) is 6.92 Å². The Kier molecular flexibility index (Phi) is 4.36. The molecule has 0 unspecified atom stereocenters. The molecule has 0 radical (unpaired) electrons. The molecule has 0 saturated carbocycles. The first-order valence-corrected chi connectivity index (χ1v) is 5.51. The number of nitrogens with zero attached hydrogens (tertiary/aromatic N) is 2. The van der Waals surface area contributed by atoms with Gasteiger partial charge in [-0.25, -0.2) is 0 Å². The van der Waals surface area contributed by atoms with Gasteiger partial charge in [-0.3, -0.25) is 9.59 Å². The minimum atomic E-state index is -0.261. The van der Waals surface area contributed by atoms with Crippen LogP contribution in [0.2, 0.25) is 0 Å². The minimum Gasteiger partial charge on any atom is -0.344 e. The van der Waals surface area contributed by atoms with Crippen molar-refractivity contribution in [2.24, 2.45) is 0 Å². The summed E-state index contributed by atoms with van der Waals surface area (Å²) < 4.78 is 3.73. The molecule has 0 aromatic carbocycles. The van der Waals surface area contributed by atoms with E-state index in [0.717, 1.165) is 24.4 Å². The molecule has 82 valence electrons. The van der Waals surface area contributed by atoms with Gasteiger partial charge in [-0.15, -0.1) is 5.10 Å². The van der Waals surface area contributed by atoms with Crippen LogP contribution in [0, 0.1) is 0 Å². The van der Waals surface area contributed by atoms with Gasteiger partial charge in [0.2, 0.25) is 0 Å². The van der Waals surface area contributed by atoms with E-state index in [-0.39, 0.29) is 18.2 Å². The van der Waals surface area contributed by atoms with Gasteiger partial charge in [0.15, 0.2) is 0 Å². The fourth-order valence-corrected chi connectivity index (χ4v) is 1.69. The first-order valence-electron chi connectivity index (χ1n) is 4.74. The van der Waals surface area contributed by atoms with E-state index in [9.17, 15) is 9.59 Å². The van der Waals surface area contributed by atoms with Gasteiger partial charge in [-0.2, -0.15) is 0 Å². The first-order chi connectivity index (χ1) is 7.15. The van der Waals surface area contributed by atoms with Gasteiger partial charge in [-0.1, -0.05) is 17.8 Å². The fourth-order valence-electron chi connectivity index (χ4n) is 1.07. The summed E-state index contributed by atoms with van der Waals surface area (Å²) in [5.74, 6) is -0.332. The monoisotopic (exact) mass is 227 g/mol. The van der Waals surface area contributed by atoms with Crippen molar-refractivity contribution in [3.63, 3.8) is 0 Å². The van der Waals surface area contributed by atoms with Crippen molar-refractivity contribution in [3.8, 4) is 0 Å². The summed E-state index contributed by atoms with van der Waals surface area (Å²) in [5, 5.41) is 6.40. The molecule has 0 fully saturated rings. The Bertz CT molecular complexity index is 362. The molecule has 1 N–H and O–H groups in total. The number of carbonyl (C=O) groups is 2. The van der Waals surface area contributed by atoms with Gasteiger partial charge < -0.3 is 5.32 Å². The molecule has 0 spiro atoms. The third-order valence-corrected chi connectivity index (χ3v) is 2.51. The van der Waals surface area contributed by atoms with E-state index < -0.39 is 0 Å². The van der Waals surface area contributed by atoms with Crippen LogP contribution in [0.3, 0.4) is 0 Å². The van der Waals surface area contributed by atoms with Crippen molar-refractivity contribution >= 4 is 23.2 Å². The maximum Gasteiger partial charge on any atom is 0.265 e. The quantitative estimate of drug-likeness (QED) is 0.808. The normalized spacial score (nSPS) is 10.0. The van der Waals surface area contributed by atoms with Crippen molar-refractivity contribution in [3.05, 3.63) is 10.6 Å². The van der Waals surface area contributed by atoms with Crippen LogP contribution in [0.25, 0.3) is 0 Å². The molecule has 0 saturated heterocycles. The summed E-state index contributed by atoms with van der Waals surface area (Å²) in [4.78, 5) is 22.8. The highest BCUT2D eigenvalue weighted by Gasteiger charge is 2.15. The molecule has 1 rings (SSSR count). The highest BCUT2D eigenvalue weighted by molar-refractivity contribution is 7.08. The minimum absolute atomic E-state index is 0.0578. The van der Waals surface area contributed by atoms with Crippen LogP contribution in [0.5, 0.6) is 0 Å². The van der Waals surface area contributed by atoms with Crippen molar-refractivity contribution in [2.75, 3.05) is 6.54 Å². The Morgan fingerprint density at radius 2 is 2.20 bits per heavy atom.